The number of anilines is 1. The predicted octanol–water partition coefficient (Wildman–Crippen LogP) is 4.62. The Morgan fingerprint density at radius 2 is 1.86 bits per heavy atom. The quantitative estimate of drug-likeness (QED) is 0.751. The first-order valence-corrected chi connectivity index (χ1v) is 7.47. The second-order valence-electron chi connectivity index (χ2n) is 4.70. The van der Waals surface area contributed by atoms with Crippen molar-refractivity contribution in [1.29, 1.82) is 0 Å². The van der Waals surface area contributed by atoms with Crippen molar-refractivity contribution >= 4 is 32.5 Å². The van der Waals surface area contributed by atoms with Gasteiger partial charge in [-0.1, -0.05) is 34.1 Å². The van der Waals surface area contributed by atoms with E-state index in [1.807, 2.05) is 48.5 Å². The smallest absolute Gasteiger partial charge is 0.145 e. The van der Waals surface area contributed by atoms with Crippen molar-refractivity contribution < 1.29 is 4.74 Å². The van der Waals surface area contributed by atoms with Crippen molar-refractivity contribution in [3.05, 3.63) is 64.8 Å². The Bertz CT molecular complexity index is 756. The van der Waals surface area contributed by atoms with Gasteiger partial charge in [0.1, 0.15) is 11.3 Å². The van der Waals surface area contributed by atoms with Crippen LogP contribution in [0.15, 0.2) is 59.1 Å². The minimum Gasteiger partial charge on any atom is -0.494 e. The van der Waals surface area contributed by atoms with Crippen LogP contribution in [0.25, 0.3) is 10.9 Å². The van der Waals surface area contributed by atoms with Crippen LogP contribution in [0.2, 0.25) is 0 Å². The molecule has 2 aromatic carbocycles. The van der Waals surface area contributed by atoms with Crippen LogP contribution in [0.1, 0.15) is 5.69 Å². The number of pyridine rings is 1. The Balaban J connectivity index is 1.82. The third kappa shape index (κ3) is 3.16. The monoisotopic (exact) mass is 342 g/mol. The van der Waals surface area contributed by atoms with Gasteiger partial charge in [0.25, 0.3) is 0 Å². The average molecular weight is 343 g/mol. The van der Waals surface area contributed by atoms with Gasteiger partial charge in [0.15, 0.2) is 0 Å². The molecule has 0 spiro atoms. The number of halogens is 1. The molecular formula is C17H15BrN2O. The summed E-state index contributed by atoms with van der Waals surface area (Å²) in [7, 11) is 1.67. The molecule has 0 aliphatic heterocycles. The lowest BCUT2D eigenvalue weighted by molar-refractivity contribution is 0.419. The third-order valence-corrected chi connectivity index (χ3v) is 3.81. The molecule has 3 rings (SSSR count). The molecule has 0 aliphatic carbocycles. The minimum absolute atomic E-state index is 0.676. The van der Waals surface area contributed by atoms with Crippen molar-refractivity contribution in [2.24, 2.45) is 0 Å². The zero-order valence-corrected chi connectivity index (χ0v) is 13.2. The fourth-order valence-electron chi connectivity index (χ4n) is 2.18. The maximum absolute atomic E-state index is 5.37. The van der Waals surface area contributed by atoms with Crippen LogP contribution < -0.4 is 10.1 Å². The summed E-state index contributed by atoms with van der Waals surface area (Å²) in [5.74, 6) is 0.804. The first-order valence-electron chi connectivity index (χ1n) is 6.68. The molecule has 0 atom stereocenters. The maximum atomic E-state index is 5.37. The summed E-state index contributed by atoms with van der Waals surface area (Å²) in [5, 5.41) is 4.45. The number of hydrogen-bond acceptors (Lipinski definition) is 3. The van der Waals surface area contributed by atoms with Gasteiger partial charge in [-0.05, 0) is 36.4 Å². The zero-order valence-electron chi connectivity index (χ0n) is 11.6. The lowest BCUT2D eigenvalue weighted by Gasteiger charge is -2.09. The standard InChI is InChI=1S/C17H15BrN2O/c1-21-16-4-2-3-12-5-8-15(20-17(12)16)11-19-14-9-6-13(18)7-10-14/h2-10,19H,11H2,1H3. The molecule has 0 amide bonds. The number of nitrogens with one attached hydrogen (secondary N) is 1. The molecule has 3 aromatic rings. The molecule has 4 heteroatoms. The van der Waals surface area contributed by atoms with E-state index in [0.29, 0.717) is 6.54 Å². The van der Waals surface area contributed by atoms with Crippen molar-refractivity contribution in [3.63, 3.8) is 0 Å². The van der Waals surface area contributed by atoms with Crippen LogP contribution in [-0.2, 0) is 6.54 Å². The van der Waals surface area contributed by atoms with Gasteiger partial charge in [0.05, 0.1) is 19.3 Å². The maximum Gasteiger partial charge on any atom is 0.145 e. The number of hydrogen-bond donors (Lipinski definition) is 1. The number of rotatable bonds is 4. The SMILES string of the molecule is COc1cccc2ccc(CNc3ccc(Br)cc3)nc12. The van der Waals surface area contributed by atoms with Gasteiger partial charge < -0.3 is 10.1 Å². The molecule has 0 unspecified atom stereocenters. The van der Waals surface area contributed by atoms with Gasteiger partial charge in [-0.25, -0.2) is 4.98 Å². The number of para-hydroxylation sites is 1. The van der Waals surface area contributed by atoms with Crippen molar-refractivity contribution in [2.75, 3.05) is 12.4 Å². The van der Waals surface area contributed by atoms with Crippen molar-refractivity contribution in [3.8, 4) is 5.75 Å². The highest BCUT2D eigenvalue weighted by Crippen LogP contribution is 2.23. The molecule has 0 saturated heterocycles. The summed E-state index contributed by atoms with van der Waals surface area (Å²) in [6.45, 7) is 0.676. The van der Waals surface area contributed by atoms with Crippen LogP contribution in [0.5, 0.6) is 5.75 Å². The van der Waals surface area contributed by atoms with Crippen molar-refractivity contribution in [2.45, 2.75) is 6.54 Å². The summed E-state index contributed by atoms with van der Waals surface area (Å²) >= 11 is 3.43. The van der Waals surface area contributed by atoms with Gasteiger partial charge in [-0.15, -0.1) is 0 Å². The van der Waals surface area contributed by atoms with E-state index in [1.165, 1.54) is 0 Å². The van der Waals surface area contributed by atoms with Crippen LogP contribution in [-0.4, -0.2) is 12.1 Å². The van der Waals surface area contributed by atoms with Gasteiger partial charge >= 0.3 is 0 Å². The highest BCUT2D eigenvalue weighted by atomic mass is 79.9. The number of benzene rings is 2. The Kier molecular flexibility index (Phi) is 4.06. The topological polar surface area (TPSA) is 34.1 Å². The van der Waals surface area contributed by atoms with E-state index in [-0.39, 0.29) is 0 Å². The molecule has 21 heavy (non-hydrogen) atoms. The van der Waals surface area contributed by atoms with Crippen LogP contribution >= 0.6 is 15.9 Å². The Hall–Kier alpha value is -2.07. The average Bonchev–Trinajstić information content (AvgIpc) is 2.53. The van der Waals surface area contributed by atoms with E-state index in [4.69, 9.17) is 4.74 Å². The molecule has 0 aliphatic rings. The molecule has 1 aromatic heterocycles. The molecule has 0 radical (unpaired) electrons. The molecule has 106 valence electrons. The molecular weight excluding hydrogens is 328 g/mol. The third-order valence-electron chi connectivity index (χ3n) is 3.28. The molecule has 1 N–H and O–H groups in total. The van der Waals surface area contributed by atoms with E-state index in [9.17, 15) is 0 Å². The lowest BCUT2D eigenvalue weighted by Crippen LogP contribution is -2.02. The number of fused-ring (bicyclic) bond motifs is 1. The number of nitrogens with zero attached hydrogens (tertiary/aromatic N) is 1. The van der Waals surface area contributed by atoms with Crippen molar-refractivity contribution in [1.82, 2.24) is 4.98 Å². The Labute approximate surface area is 132 Å². The van der Waals surface area contributed by atoms with E-state index in [1.54, 1.807) is 7.11 Å². The van der Waals surface area contributed by atoms with Gasteiger partial charge in [0.2, 0.25) is 0 Å². The Morgan fingerprint density at radius 1 is 1.05 bits per heavy atom. The summed E-state index contributed by atoms with van der Waals surface area (Å²) in [4.78, 5) is 4.68. The van der Waals surface area contributed by atoms with E-state index >= 15 is 0 Å². The largest absolute Gasteiger partial charge is 0.494 e. The van der Waals surface area contributed by atoms with Crippen LogP contribution in [0.3, 0.4) is 0 Å². The fraction of sp³-hybridized carbons (Fsp3) is 0.118. The molecule has 0 saturated carbocycles. The number of aromatic nitrogens is 1. The summed E-state index contributed by atoms with van der Waals surface area (Å²) in [6.07, 6.45) is 0. The molecule has 0 fully saturated rings. The Morgan fingerprint density at radius 3 is 2.62 bits per heavy atom. The first kappa shape index (κ1) is 13.9. The summed E-state index contributed by atoms with van der Waals surface area (Å²) < 4.78 is 6.44. The van der Waals surface area contributed by atoms with Gasteiger partial charge in [0, 0.05) is 15.5 Å². The molecule has 0 bridgehead atoms. The molecule has 3 nitrogen and oxygen atoms in total. The highest BCUT2D eigenvalue weighted by Gasteiger charge is 2.04. The van der Waals surface area contributed by atoms with E-state index in [0.717, 1.165) is 32.5 Å². The van der Waals surface area contributed by atoms with E-state index in [2.05, 4.69) is 32.3 Å². The normalized spacial score (nSPS) is 10.6. The molecule has 1 heterocycles. The zero-order chi connectivity index (χ0) is 14.7. The lowest BCUT2D eigenvalue weighted by atomic mass is 10.2. The summed E-state index contributed by atoms with van der Waals surface area (Å²) in [6, 6.07) is 18.1. The number of ether oxygens (including phenoxy) is 1. The first-order chi connectivity index (χ1) is 10.3. The minimum atomic E-state index is 0.676. The highest BCUT2D eigenvalue weighted by molar-refractivity contribution is 9.10. The van der Waals surface area contributed by atoms with Gasteiger partial charge in [-0.2, -0.15) is 0 Å². The predicted molar refractivity (Wildman–Crippen MR) is 89.8 cm³/mol. The summed E-state index contributed by atoms with van der Waals surface area (Å²) in [5.41, 5.74) is 2.95. The van der Waals surface area contributed by atoms with E-state index < -0.39 is 0 Å². The van der Waals surface area contributed by atoms with Gasteiger partial charge in [-0.3, -0.25) is 0 Å². The second kappa shape index (κ2) is 6.14. The fourth-order valence-corrected chi connectivity index (χ4v) is 2.45. The number of methoxy groups -OCH3 is 1. The van der Waals surface area contributed by atoms with Crippen LogP contribution in [0.4, 0.5) is 5.69 Å². The van der Waals surface area contributed by atoms with Crippen LogP contribution in [0, 0.1) is 0 Å². The second-order valence-corrected chi connectivity index (χ2v) is 5.61.